The molecule has 0 aliphatic heterocycles. The summed E-state index contributed by atoms with van der Waals surface area (Å²) in [6.45, 7) is 8.87. The topological polar surface area (TPSA) is 152 Å². The highest BCUT2D eigenvalue weighted by molar-refractivity contribution is 6.01. The van der Waals surface area contributed by atoms with Crippen molar-refractivity contribution in [2.75, 3.05) is 6.61 Å². The fraction of sp³-hybridized carbons (Fsp3) is 0.512. The minimum absolute atomic E-state index is 0.00432. The number of rotatable bonds is 9. The van der Waals surface area contributed by atoms with Gasteiger partial charge in [-0.15, -0.1) is 0 Å². The van der Waals surface area contributed by atoms with Gasteiger partial charge in [0.05, 0.1) is 23.0 Å². The highest BCUT2D eigenvalue weighted by atomic mass is 16.6. The Hall–Kier alpha value is -4.28. The van der Waals surface area contributed by atoms with Gasteiger partial charge in [0.2, 0.25) is 5.78 Å². The molecule has 0 radical (unpaired) electrons. The van der Waals surface area contributed by atoms with Crippen molar-refractivity contribution in [1.82, 2.24) is 0 Å². The van der Waals surface area contributed by atoms with Crippen LogP contribution >= 0.6 is 0 Å². The number of aliphatic hydroxyl groups is 2. The Bertz CT molecular complexity index is 1810. The first-order valence-electron chi connectivity index (χ1n) is 17.9. The fourth-order valence-electron chi connectivity index (χ4n) is 9.30. The molecule has 0 aromatic heterocycles. The molecule has 0 amide bonds. The predicted octanol–water partition coefficient (Wildman–Crippen LogP) is 7.11. The van der Waals surface area contributed by atoms with Gasteiger partial charge in [-0.1, -0.05) is 43.7 Å². The molecule has 3 fully saturated rings. The van der Waals surface area contributed by atoms with Crippen LogP contribution in [-0.4, -0.2) is 57.6 Å². The van der Waals surface area contributed by atoms with E-state index in [1.807, 2.05) is 31.2 Å². The number of esters is 2. The molecule has 10 heteroatoms. The van der Waals surface area contributed by atoms with Gasteiger partial charge in [0.15, 0.2) is 12.4 Å². The Balaban J connectivity index is 1.05. The van der Waals surface area contributed by atoms with Gasteiger partial charge in [-0.3, -0.25) is 14.4 Å². The molecule has 0 bridgehead atoms. The van der Waals surface area contributed by atoms with Crippen LogP contribution in [0.4, 0.5) is 11.4 Å². The SMILES string of the molecule is CC(C)(C)OC(=O)c1ccc(N=Nc2ccccc2CCC(=O)OCC(=O)[C@@]2(O)CC[C@H]3[C@@H]4CCC5=CC(=O)C=C[C@]5(C)[C@H]4[C@@H](O)C[C@@]32C)cc1. The van der Waals surface area contributed by atoms with Crippen LogP contribution in [0.5, 0.6) is 0 Å². The summed E-state index contributed by atoms with van der Waals surface area (Å²) in [6.07, 6.45) is 7.42. The lowest BCUT2D eigenvalue weighted by Gasteiger charge is -2.59. The number of Topliss-reactive ketones (excluding diaryl/α,β-unsaturated/α-hetero) is 1. The molecular formula is C41H48N2O8. The summed E-state index contributed by atoms with van der Waals surface area (Å²) in [7, 11) is 0. The number of carbonyl (C=O) groups excluding carboxylic acids is 4. The standard InChI is InChI=1S/C41H48N2O8/c1-38(2,3)51-37(48)26-10-14-28(15-11-26)42-43-32-9-7-6-8-25(32)12-17-35(47)50-24-34(46)41(49)21-19-31-30-16-13-27-22-29(44)18-20-39(27,4)36(30)33(45)23-40(31,41)5/h6-11,14-15,18,20,22,30-31,33,36,45,49H,12-13,16-17,19,21,23-24H2,1-5H3/t30-,31-,33-,36+,39-,40-,41-/m0/s1. The molecule has 0 spiro atoms. The van der Waals surface area contributed by atoms with E-state index in [4.69, 9.17) is 9.47 Å². The van der Waals surface area contributed by atoms with Crippen molar-refractivity contribution in [2.24, 2.45) is 38.8 Å². The number of ketones is 2. The average molecular weight is 697 g/mol. The third-order valence-electron chi connectivity index (χ3n) is 11.8. The van der Waals surface area contributed by atoms with Crippen LogP contribution in [0.15, 0.2) is 82.6 Å². The number of aliphatic hydroxyl groups excluding tert-OH is 1. The molecule has 2 N–H and O–H groups in total. The molecule has 4 aliphatic carbocycles. The molecule has 51 heavy (non-hydrogen) atoms. The maximum atomic E-state index is 13.7. The number of benzene rings is 2. The molecule has 270 valence electrons. The van der Waals surface area contributed by atoms with Crippen LogP contribution in [-0.2, 0) is 30.3 Å². The Morgan fingerprint density at radius 2 is 1.73 bits per heavy atom. The normalized spacial score (nSPS) is 31.4. The number of aryl methyl sites for hydroxylation is 1. The summed E-state index contributed by atoms with van der Waals surface area (Å²) in [5.41, 5.74) is -0.300. The molecule has 4 aliphatic rings. The molecule has 0 unspecified atom stereocenters. The molecule has 0 saturated heterocycles. The van der Waals surface area contributed by atoms with E-state index in [-0.39, 0.29) is 42.8 Å². The van der Waals surface area contributed by atoms with Gasteiger partial charge < -0.3 is 19.7 Å². The highest BCUT2D eigenvalue weighted by Gasteiger charge is 2.68. The zero-order valence-corrected chi connectivity index (χ0v) is 30.1. The number of carbonyl (C=O) groups is 4. The Labute approximate surface area is 299 Å². The molecule has 3 saturated carbocycles. The summed E-state index contributed by atoms with van der Waals surface area (Å²) in [5, 5.41) is 32.2. The van der Waals surface area contributed by atoms with E-state index in [0.717, 1.165) is 24.0 Å². The molecule has 2 aromatic carbocycles. The van der Waals surface area contributed by atoms with E-state index in [1.165, 1.54) is 0 Å². The van der Waals surface area contributed by atoms with Crippen LogP contribution in [0.25, 0.3) is 0 Å². The largest absolute Gasteiger partial charge is 0.458 e. The Kier molecular flexibility index (Phi) is 9.80. The number of ether oxygens (including phenoxy) is 2. The van der Waals surface area contributed by atoms with Gasteiger partial charge in [0.25, 0.3) is 0 Å². The third-order valence-corrected chi connectivity index (χ3v) is 11.8. The Morgan fingerprint density at radius 1 is 1.00 bits per heavy atom. The third kappa shape index (κ3) is 7.00. The van der Waals surface area contributed by atoms with Crippen molar-refractivity contribution < 1.29 is 38.9 Å². The van der Waals surface area contributed by atoms with Crippen molar-refractivity contribution in [3.8, 4) is 0 Å². The van der Waals surface area contributed by atoms with Crippen molar-refractivity contribution in [3.63, 3.8) is 0 Å². The first kappa shape index (κ1) is 36.5. The van der Waals surface area contributed by atoms with Gasteiger partial charge >= 0.3 is 11.9 Å². The molecule has 7 atom stereocenters. The Morgan fingerprint density at radius 3 is 2.45 bits per heavy atom. The number of nitrogens with zero attached hydrogens (tertiary/aromatic N) is 2. The van der Waals surface area contributed by atoms with Crippen LogP contribution in [0.1, 0.15) is 89.1 Å². The summed E-state index contributed by atoms with van der Waals surface area (Å²) in [4.78, 5) is 51.0. The monoisotopic (exact) mass is 696 g/mol. The second kappa shape index (κ2) is 13.7. The maximum absolute atomic E-state index is 13.7. The first-order chi connectivity index (χ1) is 24.0. The van der Waals surface area contributed by atoms with Crippen molar-refractivity contribution in [1.29, 1.82) is 0 Å². The van der Waals surface area contributed by atoms with Crippen molar-refractivity contribution in [3.05, 3.63) is 83.5 Å². The van der Waals surface area contributed by atoms with E-state index in [1.54, 1.807) is 63.3 Å². The van der Waals surface area contributed by atoms with Crippen molar-refractivity contribution >= 4 is 34.9 Å². The zero-order valence-electron chi connectivity index (χ0n) is 30.1. The second-order valence-electron chi connectivity index (χ2n) is 16.1. The van der Waals surface area contributed by atoms with Gasteiger partial charge in [-0.25, -0.2) is 4.79 Å². The summed E-state index contributed by atoms with van der Waals surface area (Å²) in [5.74, 6) is -1.58. The van der Waals surface area contributed by atoms with Gasteiger partial charge in [-0.05, 0) is 119 Å². The lowest BCUT2D eigenvalue weighted by molar-refractivity contribution is -0.181. The lowest BCUT2D eigenvalue weighted by atomic mass is 9.46. The zero-order chi connectivity index (χ0) is 36.8. The molecular weight excluding hydrogens is 648 g/mol. The van der Waals surface area contributed by atoms with Gasteiger partial charge in [0, 0.05) is 23.2 Å². The number of hydrogen-bond donors (Lipinski definition) is 2. The van der Waals surface area contributed by atoms with Crippen LogP contribution < -0.4 is 0 Å². The van der Waals surface area contributed by atoms with Crippen LogP contribution in [0, 0.1) is 28.6 Å². The van der Waals surface area contributed by atoms with Crippen LogP contribution in [0.3, 0.4) is 0 Å². The highest BCUT2D eigenvalue weighted by Crippen LogP contribution is 2.67. The van der Waals surface area contributed by atoms with E-state index < -0.39 is 52.5 Å². The van der Waals surface area contributed by atoms with Crippen molar-refractivity contribution in [2.45, 2.75) is 96.9 Å². The number of hydrogen-bond acceptors (Lipinski definition) is 10. The summed E-state index contributed by atoms with van der Waals surface area (Å²) in [6, 6.07) is 13.9. The minimum atomic E-state index is -1.72. The number of allylic oxidation sites excluding steroid dienone is 4. The fourth-order valence-corrected chi connectivity index (χ4v) is 9.30. The van der Waals surface area contributed by atoms with Crippen LogP contribution in [0.2, 0.25) is 0 Å². The number of azo groups is 1. The quantitative estimate of drug-likeness (QED) is 0.208. The number of fused-ring (bicyclic) bond motifs is 5. The van der Waals surface area contributed by atoms with E-state index in [9.17, 15) is 29.4 Å². The smallest absolute Gasteiger partial charge is 0.338 e. The molecule has 0 heterocycles. The van der Waals surface area contributed by atoms with Gasteiger partial charge in [0.1, 0.15) is 11.2 Å². The average Bonchev–Trinajstić information content (AvgIpc) is 3.35. The molecule has 2 aromatic rings. The maximum Gasteiger partial charge on any atom is 0.338 e. The van der Waals surface area contributed by atoms with Gasteiger partial charge in [-0.2, -0.15) is 10.2 Å². The summed E-state index contributed by atoms with van der Waals surface area (Å²) >= 11 is 0. The molecule has 6 rings (SSSR count). The lowest BCUT2D eigenvalue weighted by Crippen LogP contribution is -2.61. The van der Waals surface area contributed by atoms with E-state index >= 15 is 0 Å². The second-order valence-corrected chi connectivity index (χ2v) is 16.1. The molecule has 10 nitrogen and oxygen atoms in total. The summed E-state index contributed by atoms with van der Waals surface area (Å²) < 4.78 is 10.8. The minimum Gasteiger partial charge on any atom is -0.458 e. The van der Waals surface area contributed by atoms with E-state index in [0.29, 0.717) is 29.8 Å². The predicted molar refractivity (Wildman–Crippen MR) is 189 cm³/mol. The first-order valence-corrected chi connectivity index (χ1v) is 17.9. The van der Waals surface area contributed by atoms with E-state index in [2.05, 4.69) is 17.2 Å².